The van der Waals surface area contributed by atoms with Gasteiger partial charge in [-0.05, 0) is 61.1 Å². The van der Waals surface area contributed by atoms with Gasteiger partial charge < -0.3 is 18.9 Å². The van der Waals surface area contributed by atoms with Crippen LogP contribution < -0.4 is 9.47 Å². The second-order valence-electron chi connectivity index (χ2n) is 14.1. The van der Waals surface area contributed by atoms with Crippen molar-refractivity contribution in [3.8, 4) is 11.5 Å². The molecule has 0 bridgehead atoms. The van der Waals surface area contributed by atoms with Crippen LogP contribution in [0, 0.1) is 0 Å². The molecule has 0 spiro atoms. The third-order valence-electron chi connectivity index (χ3n) is 9.43. The fourth-order valence-electron chi connectivity index (χ4n) is 6.84. The molecule has 4 aromatic rings. The van der Waals surface area contributed by atoms with Gasteiger partial charge in [-0.15, -0.1) is 0 Å². The highest BCUT2D eigenvalue weighted by atomic mass is 35.5. The highest BCUT2D eigenvalue weighted by Crippen LogP contribution is 2.36. The van der Waals surface area contributed by atoms with Crippen LogP contribution in [0.4, 0.5) is 0 Å². The molecule has 58 heavy (non-hydrogen) atoms. The molecule has 2 unspecified atom stereocenters. The van der Waals surface area contributed by atoms with Crippen LogP contribution in [0.15, 0.2) is 84.9 Å². The van der Waals surface area contributed by atoms with Gasteiger partial charge in [0.1, 0.15) is 11.5 Å². The summed E-state index contributed by atoms with van der Waals surface area (Å²) in [6.45, 7) is 11.4. The number of carbonyl (C=O) groups is 2. The topological polar surface area (TPSA) is 77.5 Å². The SMILES string of the molecule is CCCN(CCC)C(Cc1cc(Cl)cc(Cl)c1OCCc1ccccc1)OC(=O)C(=O)OC(Cc1cc(Cl)cc(Cl)c1OCCc1ccccc1)N(CCC)CCC. The smallest absolute Gasteiger partial charge is 0.419 e. The molecular formula is C46H56Cl4N2O6. The van der Waals surface area contributed by atoms with Crippen LogP contribution in [-0.2, 0) is 44.7 Å². The molecule has 0 saturated carbocycles. The summed E-state index contributed by atoms with van der Waals surface area (Å²) >= 11 is 26.5. The Morgan fingerprint density at radius 3 is 1.21 bits per heavy atom. The molecule has 0 fully saturated rings. The van der Waals surface area contributed by atoms with Crippen molar-refractivity contribution in [3.05, 3.63) is 127 Å². The Bertz CT molecular complexity index is 1720. The second-order valence-corrected chi connectivity index (χ2v) is 15.8. The van der Waals surface area contributed by atoms with E-state index >= 15 is 0 Å². The van der Waals surface area contributed by atoms with E-state index in [1.807, 2.05) is 98.2 Å². The number of rotatable bonds is 24. The molecule has 12 heteroatoms. The first kappa shape index (κ1) is 47.2. The number of hydrogen-bond acceptors (Lipinski definition) is 8. The van der Waals surface area contributed by atoms with Crippen LogP contribution in [0.5, 0.6) is 11.5 Å². The Hall–Kier alpha value is -3.50. The van der Waals surface area contributed by atoms with Gasteiger partial charge in [0.15, 0.2) is 12.5 Å². The summed E-state index contributed by atoms with van der Waals surface area (Å²) < 4.78 is 24.7. The zero-order valence-corrected chi connectivity index (χ0v) is 37.0. The number of carbonyl (C=O) groups excluding carboxylic acids is 2. The van der Waals surface area contributed by atoms with Crippen molar-refractivity contribution in [2.75, 3.05) is 39.4 Å². The average Bonchev–Trinajstić information content (AvgIpc) is 3.19. The van der Waals surface area contributed by atoms with Crippen molar-refractivity contribution in [1.29, 1.82) is 0 Å². The van der Waals surface area contributed by atoms with Gasteiger partial charge in [-0.25, -0.2) is 9.59 Å². The van der Waals surface area contributed by atoms with Gasteiger partial charge in [0.05, 0.1) is 23.3 Å². The minimum Gasteiger partial charge on any atom is -0.491 e. The number of halogens is 4. The quantitative estimate of drug-likeness (QED) is 0.0391. The lowest BCUT2D eigenvalue weighted by molar-refractivity contribution is -0.185. The fraction of sp³-hybridized carbons (Fsp3) is 0.435. The van der Waals surface area contributed by atoms with Crippen LogP contribution >= 0.6 is 46.4 Å². The monoisotopic (exact) mass is 872 g/mol. The van der Waals surface area contributed by atoms with Crippen LogP contribution in [0.25, 0.3) is 0 Å². The highest BCUT2D eigenvalue weighted by Gasteiger charge is 2.32. The summed E-state index contributed by atoms with van der Waals surface area (Å²) in [6.07, 6.45) is 3.15. The summed E-state index contributed by atoms with van der Waals surface area (Å²) in [5.41, 5.74) is 3.55. The van der Waals surface area contributed by atoms with Gasteiger partial charge in [-0.2, -0.15) is 0 Å². The van der Waals surface area contributed by atoms with E-state index in [4.69, 9.17) is 65.4 Å². The van der Waals surface area contributed by atoms with Crippen LogP contribution in [-0.4, -0.2) is 73.6 Å². The molecule has 0 amide bonds. The summed E-state index contributed by atoms with van der Waals surface area (Å²) in [5, 5.41) is 1.52. The molecule has 0 aliphatic carbocycles. The number of hydrogen-bond donors (Lipinski definition) is 0. The molecule has 0 aliphatic rings. The van der Waals surface area contributed by atoms with Gasteiger partial charge in [-0.3, -0.25) is 9.80 Å². The molecule has 0 saturated heterocycles. The average molecular weight is 875 g/mol. The standard InChI is InChI=1S/C46H56Cl4N2O6/c1-5-21-51(22-6-2)41(29-35-27-37(47)31-39(49)43(35)55-25-19-33-15-11-9-12-16-33)57-45(53)46(54)58-42(52(23-7-3)24-8-4)30-36-28-38(48)32-40(50)44(36)56-26-20-34-17-13-10-14-18-34/h9-18,27-28,31-32,41-42H,5-8,19-26,29-30H2,1-4H3. The number of benzene rings is 4. The van der Waals surface area contributed by atoms with Gasteiger partial charge >= 0.3 is 11.9 Å². The van der Waals surface area contributed by atoms with E-state index in [0.29, 0.717) is 95.0 Å². The Kier molecular flexibility index (Phi) is 20.5. The van der Waals surface area contributed by atoms with E-state index < -0.39 is 24.4 Å². The lowest BCUT2D eigenvalue weighted by Crippen LogP contribution is -2.45. The maximum absolute atomic E-state index is 13.9. The molecule has 0 radical (unpaired) electrons. The first-order valence-corrected chi connectivity index (χ1v) is 21.8. The van der Waals surface area contributed by atoms with E-state index in [9.17, 15) is 9.59 Å². The molecule has 314 valence electrons. The van der Waals surface area contributed by atoms with E-state index in [2.05, 4.69) is 0 Å². The van der Waals surface area contributed by atoms with E-state index in [0.717, 1.165) is 36.8 Å². The minimum atomic E-state index is -1.11. The molecule has 0 N–H and O–H groups in total. The fourth-order valence-corrected chi connectivity index (χ4v) is 8.02. The van der Waals surface area contributed by atoms with Crippen LogP contribution in [0.3, 0.4) is 0 Å². The van der Waals surface area contributed by atoms with E-state index in [1.54, 1.807) is 24.3 Å². The summed E-state index contributed by atoms with van der Waals surface area (Å²) in [6, 6.07) is 26.8. The minimum absolute atomic E-state index is 0.173. The maximum Gasteiger partial charge on any atom is 0.419 e. The zero-order valence-electron chi connectivity index (χ0n) is 34.0. The van der Waals surface area contributed by atoms with Crippen molar-refractivity contribution in [2.45, 2.75) is 91.5 Å². The first-order valence-electron chi connectivity index (χ1n) is 20.3. The maximum atomic E-state index is 13.9. The predicted molar refractivity (Wildman–Crippen MR) is 236 cm³/mol. The molecule has 4 aromatic carbocycles. The molecule has 0 heterocycles. The molecule has 2 atom stereocenters. The Morgan fingerprint density at radius 1 is 0.534 bits per heavy atom. The van der Waals surface area contributed by atoms with Crippen molar-refractivity contribution < 1.29 is 28.5 Å². The van der Waals surface area contributed by atoms with Crippen molar-refractivity contribution in [3.63, 3.8) is 0 Å². The Morgan fingerprint density at radius 2 is 0.879 bits per heavy atom. The second kappa shape index (κ2) is 25.2. The molecule has 4 rings (SSSR count). The van der Waals surface area contributed by atoms with Gasteiger partial charge in [0.25, 0.3) is 0 Å². The number of nitrogens with zero attached hydrogens (tertiary/aromatic N) is 2. The van der Waals surface area contributed by atoms with Crippen molar-refractivity contribution >= 4 is 58.3 Å². The van der Waals surface area contributed by atoms with Crippen molar-refractivity contribution in [2.24, 2.45) is 0 Å². The largest absolute Gasteiger partial charge is 0.491 e. The summed E-state index contributed by atoms with van der Waals surface area (Å²) in [4.78, 5) is 31.9. The van der Waals surface area contributed by atoms with Crippen molar-refractivity contribution in [1.82, 2.24) is 9.80 Å². The lowest BCUT2D eigenvalue weighted by atomic mass is 10.1. The van der Waals surface area contributed by atoms with Gasteiger partial charge in [-0.1, -0.05) is 135 Å². The van der Waals surface area contributed by atoms with E-state index in [-0.39, 0.29) is 12.8 Å². The number of esters is 2. The van der Waals surface area contributed by atoms with E-state index in [1.165, 1.54) is 0 Å². The third kappa shape index (κ3) is 15.0. The molecule has 0 aromatic heterocycles. The van der Waals surface area contributed by atoms with Crippen LogP contribution in [0.2, 0.25) is 20.1 Å². The molecular weight excluding hydrogens is 818 g/mol. The van der Waals surface area contributed by atoms with Gasteiger partial charge in [0.2, 0.25) is 0 Å². The van der Waals surface area contributed by atoms with Gasteiger partial charge in [0, 0.05) is 73.0 Å². The van der Waals surface area contributed by atoms with Crippen LogP contribution in [0.1, 0.15) is 75.6 Å². The number of ether oxygens (including phenoxy) is 4. The predicted octanol–water partition coefficient (Wildman–Crippen LogP) is 11.3. The Labute approximate surface area is 364 Å². The highest BCUT2D eigenvalue weighted by molar-refractivity contribution is 6.36. The summed E-state index contributed by atoms with van der Waals surface area (Å²) in [7, 11) is 0. The normalized spacial score (nSPS) is 12.4. The summed E-state index contributed by atoms with van der Waals surface area (Å²) in [5.74, 6) is -1.31. The zero-order chi connectivity index (χ0) is 41.9. The molecule has 8 nitrogen and oxygen atoms in total. The Balaban J connectivity index is 1.58. The lowest BCUT2D eigenvalue weighted by Gasteiger charge is -2.33. The third-order valence-corrected chi connectivity index (χ3v) is 10.4. The first-order chi connectivity index (χ1) is 28.1. The molecule has 0 aliphatic heterocycles.